The summed E-state index contributed by atoms with van der Waals surface area (Å²) in [4.78, 5) is 24.8. The molecule has 1 N–H and O–H groups in total. The fraction of sp³-hybridized carbons (Fsp3) is 0.227. The normalized spacial score (nSPS) is 11.2. The quantitative estimate of drug-likeness (QED) is 0.617. The molecule has 0 radical (unpaired) electrons. The average Bonchev–Trinajstić information content (AvgIpc) is 3.07. The van der Waals surface area contributed by atoms with Gasteiger partial charge in [-0.15, -0.1) is 0 Å². The Kier molecular flexibility index (Phi) is 6.03. The van der Waals surface area contributed by atoms with Gasteiger partial charge in [0.2, 0.25) is 0 Å². The number of rotatable bonds is 6. The molecular weight excluding hydrogens is 390 g/mol. The Hall–Kier alpha value is -3.12. The molecule has 7 heteroatoms. The van der Waals surface area contributed by atoms with Gasteiger partial charge in [-0.2, -0.15) is 5.10 Å². The molecule has 0 bridgehead atoms. The first-order valence-corrected chi connectivity index (χ1v) is 9.48. The Labute approximate surface area is 174 Å². The van der Waals surface area contributed by atoms with Crippen molar-refractivity contribution in [1.82, 2.24) is 9.78 Å². The van der Waals surface area contributed by atoms with Gasteiger partial charge in [-0.1, -0.05) is 54.1 Å². The molecule has 0 unspecified atom stereocenters. The maximum atomic E-state index is 12.5. The number of carbonyl (C=O) groups excluding carboxylic acids is 2. The lowest BCUT2D eigenvalue weighted by Crippen LogP contribution is -2.33. The molecule has 6 nitrogen and oxygen atoms in total. The van der Waals surface area contributed by atoms with Gasteiger partial charge in [-0.3, -0.25) is 14.3 Å². The van der Waals surface area contributed by atoms with Gasteiger partial charge in [0.15, 0.2) is 6.61 Å². The predicted molar refractivity (Wildman–Crippen MR) is 113 cm³/mol. The Morgan fingerprint density at radius 3 is 2.41 bits per heavy atom. The van der Waals surface area contributed by atoms with Gasteiger partial charge < -0.3 is 10.1 Å². The van der Waals surface area contributed by atoms with Crippen LogP contribution >= 0.6 is 11.6 Å². The van der Waals surface area contributed by atoms with E-state index in [-0.39, 0.29) is 6.61 Å². The zero-order valence-corrected chi connectivity index (χ0v) is 17.2. The second-order valence-corrected chi connectivity index (χ2v) is 7.60. The lowest BCUT2D eigenvalue weighted by atomic mass is 9.85. The molecule has 1 amide bonds. The number of esters is 1. The summed E-state index contributed by atoms with van der Waals surface area (Å²) in [5.41, 5.74) is 1.54. The number of benzene rings is 2. The minimum atomic E-state index is -0.851. The number of amides is 1. The van der Waals surface area contributed by atoms with E-state index in [4.69, 9.17) is 16.3 Å². The third-order valence-corrected chi connectivity index (χ3v) is 4.88. The molecular formula is C22H22ClN3O3. The first kappa shape index (κ1) is 20.6. The largest absolute Gasteiger partial charge is 0.455 e. The van der Waals surface area contributed by atoms with Crippen LogP contribution in [-0.4, -0.2) is 28.3 Å². The lowest BCUT2D eigenvalue weighted by Gasteiger charge is -2.22. The van der Waals surface area contributed by atoms with Gasteiger partial charge in [0.25, 0.3) is 5.91 Å². The smallest absolute Gasteiger partial charge is 0.316 e. The van der Waals surface area contributed by atoms with Gasteiger partial charge in [0, 0.05) is 23.7 Å². The van der Waals surface area contributed by atoms with Crippen molar-refractivity contribution in [2.24, 2.45) is 7.05 Å². The van der Waals surface area contributed by atoms with Gasteiger partial charge in [0.05, 0.1) is 11.1 Å². The molecule has 0 saturated heterocycles. The molecule has 2 aromatic carbocycles. The van der Waals surface area contributed by atoms with Crippen LogP contribution in [0.2, 0.25) is 5.02 Å². The Morgan fingerprint density at radius 1 is 1.10 bits per heavy atom. The second-order valence-electron chi connectivity index (χ2n) is 7.16. The number of carbonyl (C=O) groups is 2. The van der Waals surface area contributed by atoms with Gasteiger partial charge >= 0.3 is 5.97 Å². The average molecular weight is 412 g/mol. The van der Waals surface area contributed by atoms with Crippen molar-refractivity contribution in [3.63, 3.8) is 0 Å². The predicted octanol–water partition coefficient (Wildman–Crippen LogP) is 4.20. The summed E-state index contributed by atoms with van der Waals surface area (Å²) in [6, 6.07) is 18.3. The number of hydrogen-bond acceptors (Lipinski definition) is 4. The fourth-order valence-corrected chi connectivity index (χ4v) is 2.94. The molecule has 0 saturated carbocycles. The molecule has 150 valence electrons. The van der Waals surface area contributed by atoms with Crippen LogP contribution in [0.4, 0.5) is 5.82 Å². The van der Waals surface area contributed by atoms with Gasteiger partial charge in [-0.25, -0.2) is 0 Å². The maximum absolute atomic E-state index is 12.5. The fourth-order valence-electron chi connectivity index (χ4n) is 2.81. The van der Waals surface area contributed by atoms with E-state index in [1.54, 1.807) is 43.8 Å². The lowest BCUT2D eigenvalue weighted by molar-refractivity contribution is -0.152. The molecule has 0 fully saturated rings. The van der Waals surface area contributed by atoms with Crippen molar-refractivity contribution in [3.05, 3.63) is 71.2 Å². The summed E-state index contributed by atoms with van der Waals surface area (Å²) in [5.74, 6) is -0.406. The molecule has 0 aliphatic carbocycles. The highest BCUT2D eigenvalue weighted by Gasteiger charge is 2.31. The van der Waals surface area contributed by atoms with E-state index in [2.05, 4.69) is 10.4 Å². The third kappa shape index (κ3) is 4.84. The third-order valence-electron chi connectivity index (χ3n) is 4.63. The summed E-state index contributed by atoms with van der Waals surface area (Å²) in [6.45, 7) is 3.15. The highest BCUT2D eigenvalue weighted by Crippen LogP contribution is 2.25. The number of hydrogen-bond donors (Lipinski definition) is 1. The van der Waals surface area contributed by atoms with Gasteiger partial charge in [0.1, 0.15) is 5.82 Å². The van der Waals surface area contributed by atoms with Crippen LogP contribution in [-0.2, 0) is 26.8 Å². The van der Waals surface area contributed by atoms with Crippen molar-refractivity contribution in [3.8, 4) is 11.3 Å². The molecule has 3 rings (SSSR count). The van der Waals surface area contributed by atoms with Crippen molar-refractivity contribution >= 4 is 29.3 Å². The van der Waals surface area contributed by atoms with Gasteiger partial charge in [-0.05, 0) is 31.5 Å². The molecule has 1 heterocycles. The topological polar surface area (TPSA) is 73.2 Å². The van der Waals surface area contributed by atoms with Crippen LogP contribution in [0.25, 0.3) is 11.3 Å². The molecule has 0 spiro atoms. The molecule has 1 aromatic heterocycles. The Balaban J connectivity index is 1.61. The van der Waals surface area contributed by atoms with E-state index in [9.17, 15) is 9.59 Å². The van der Waals surface area contributed by atoms with E-state index < -0.39 is 17.3 Å². The van der Waals surface area contributed by atoms with E-state index in [1.807, 2.05) is 42.5 Å². The summed E-state index contributed by atoms with van der Waals surface area (Å²) < 4.78 is 6.80. The summed E-state index contributed by atoms with van der Waals surface area (Å²) in [7, 11) is 1.72. The second kappa shape index (κ2) is 8.49. The highest BCUT2D eigenvalue weighted by atomic mass is 35.5. The Bertz CT molecular complexity index is 1010. The van der Waals surface area contributed by atoms with Crippen LogP contribution in [0.3, 0.4) is 0 Å². The molecule has 0 aliphatic rings. The zero-order chi connectivity index (χ0) is 21.0. The van der Waals surface area contributed by atoms with E-state index >= 15 is 0 Å². The van der Waals surface area contributed by atoms with E-state index in [0.29, 0.717) is 16.5 Å². The molecule has 29 heavy (non-hydrogen) atoms. The van der Waals surface area contributed by atoms with E-state index in [0.717, 1.165) is 11.1 Å². The van der Waals surface area contributed by atoms with Crippen molar-refractivity contribution < 1.29 is 14.3 Å². The minimum absolute atomic E-state index is 0.378. The molecule has 3 aromatic rings. The number of aromatic nitrogens is 2. The van der Waals surface area contributed by atoms with Crippen molar-refractivity contribution in [1.29, 1.82) is 0 Å². The number of ether oxygens (including phenoxy) is 1. The number of nitrogens with zero attached hydrogens (tertiary/aromatic N) is 2. The number of anilines is 1. The van der Waals surface area contributed by atoms with Crippen LogP contribution in [0.5, 0.6) is 0 Å². The number of aryl methyl sites for hydroxylation is 1. The van der Waals surface area contributed by atoms with Crippen LogP contribution in [0, 0.1) is 0 Å². The SMILES string of the molecule is Cn1nc(-c2ccc(Cl)cc2)cc1NC(=O)COC(=O)C(C)(C)c1ccccc1. The zero-order valence-electron chi connectivity index (χ0n) is 16.5. The summed E-state index contributed by atoms with van der Waals surface area (Å²) in [5, 5.41) is 7.74. The highest BCUT2D eigenvalue weighted by molar-refractivity contribution is 6.30. The van der Waals surface area contributed by atoms with Crippen LogP contribution < -0.4 is 5.32 Å². The van der Waals surface area contributed by atoms with Crippen LogP contribution in [0.15, 0.2) is 60.7 Å². The van der Waals surface area contributed by atoms with Crippen molar-refractivity contribution in [2.45, 2.75) is 19.3 Å². The Morgan fingerprint density at radius 2 is 1.76 bits per heavy atom. The monoisotopic (exact) mass is 411 g/mol. The summed E-state index contributed by atoms with van der Waals surface area (Å²) in [6.07, 6.45) is 0. The number of nitrogens with one attached hydrogen (secondary N) is 1. The van der Waals surface area contributed by atoms with Crippen molar-refractivity contribution in [2.75, 3.05) is 11.9 Å². The summed E-state index contributed by atoms with van der Waals surface area (Å²) >= 11 is 5.91. The molecule has 0 atom stereocenters. The maximum Gasteiger partial charge on any atom is 0.316 e. The number of halogens is 1. The first-order valence-electron chi connectivity index (χ1n) is 9.10. The molecule has 0 aliphatic heterocycles. The first-order chi connectivity index (χ1) is 13.8. The minimum Gasteiger partial charge on any atom is -0.455 e. The van der Waals surface area contributed by atoms with E-state index in [1.165, 1.54) is 0 Å². The van der Waals surface area contributed by atoms with Crippen LogP contribution in [0.1, 0.15) is 19.4 Å². The standard InChI is InChI=1S/C22H22ClN3O3/c1-22(2,16-7-5-4-6-8-16)21(28)29-14-20(27)24-19-13-18(25-26(19)3)15-9-11-17(23)12-10-15/h4-13H,14H2,1-3H3,(H,24,27).